The first kappa shape index (κ1) is 12.1. The highest BCUT2D eigenvalue weighted by Crippen LogP contribution is 2.28. The molecule has 5 heteroatoms. The fourth-order valence-corrected chi connectivity index (χ4v) is 2.43. The molecule has 17 heavy (non-hydrogen) atoms. The second-order valence-corrected chi connectivity index (χ2v) is 4.98. The average molecular weight is 295 g/mol. The zero-order valence-electron chi connectivity index (χ0n) is 9.06. The van der Waals surface area contributed by atoms with E-state index >= 15 is 0 Å². The van der Waals surface area contributed by atoms with Crippen LogP contribution in [0, 0.1) is 17.2 Å². The molecule has 4 nitrogen and oxygen atoms in total. The first-order valence-corrected chi connectivity index (χ1v) is 6.05. The molecule has 1 aromatic carbocycles. The van der Waals surface area contributed by atoms with Gasteiger partial charge < -0.3 is 10.0 Å². The zero-order chi connectivity index (χ0) is 12.4. The van der Waals surface area contributed by atoms with Gasteiger partial charge in [0.1, 0.15) is 0 Å². The SMILES string of the molecule is N#Cc1cc(Br)cc(N2CC(CO)CC2=O)c1. The maximum absolute atomic E-state index is 11.8. The van der Waals surface area contributed by atoms with Crippen LogP contribution in [0.5, 0.6) is 0 Å². The Morgan fingerprint density at radius 2 is 2.29 bits per heavy atom. The van der Waals surface area contributed by atoms with E-state index in [1.165, 1.54) is 0 Å². The summed E-state index contributed by atoms with van der Waals surface area (Å²) in [7, 11) is 0. The molecule has 1 aliphatic rings. The quantitative estimate of drug-likeness (QED) is 0.902. The average Bonchev–Trinajstić information content (AvgIpc) is 2.69. The largest absolute Gasteiger partial charge is 0.396 e. The third kappa shape index (κ3) is 2.48. The van der Waals surface area contributed by atoms with Crippen LogP contribution in [-0.4, -0.2) is 24.2 Å². The summed E-state index contributed by atoms with van der Waals surface area (Å²) >= 11 is 3.31. The molecule has 1 heterocycles. The maximum Gasteiger partial charge on any atom is 0.227 e. The lowest BCUT2D eigenvalue weighted by molar-refractivity contribution is -0.117. The Morgan fingerprint density at radius 1 is 1.53 bits per heavy atom. The minimum Gasteiger partial charge on any atom is -0.396 e. The van der Waals surface area contributed by atoms with Gasteiger partial charge in [0.2, 0.25) is 5.91 Å². The molecule has 1 aromatic rings. The second kappa shape index (κ2) is 4.86. The predicted molar refractivity (Wildman–Crippen MR) is 66.4 cm³/mol. The number of rotatable bonds is 2. The van der Waals surface area contributed by atoms with Gasteiger partial charge in [0, 0.05) is 35.7 Å². The number of anilines is 1. The van der Waals surface area contributed by atoms with Crippen molar-refractivity contribution in [1.29, 1.82) is 5.26 Å². The van der Waals surface area contributed by atoms with Crippen molar-refractivity contribution < 1.29 is 9.90 Å². The van der Waals surface area contributed by atoms with Crippen molar-refractivity contribution in [1.82, 2.24) is 0 Å². The fraction of sp³-hybridized carbons (Fsp3) is 0.333. The molecule has 0 saturated carbocycles. The molecule has 1 atom stereocenters. The van der Waals surface area contributed by atoms with Crippen molar-refractivity contribution in [2.24, 2.45) is 5.92 Å². The molecule has 1 amide bonds. The molecule has 0 bridgehead atoms. The van der Waals surface area contributed by atoms with E-state index in [-0.39, 0.29) is 18.4 Å². The highest BCUT2D eigenvalue weighted by molar-refractivity contribution is 9.10. The lowest BCUT2D eigenvalue weighted by atomic mass is 10.1. The molecule has 0 aromatic heterocycles. The van der Waals surface area contributed by atoms with Crippen molar-refractivity contribution >= 4 is 27.5 Å². The number of aliphatic hydroxyl groups is 1. The van der Waals surface area contributed by atoms with Gasteiger partial charge in [-0.05, 0) is 18.2 Å². The molecule has 1 saturated heterocycles. The van der Waals surface area contributed by atoms with Gasteiger partial charge in [0.05, 0.1) is 11.6 Å². The minimum absolute atomic E-state index is 0.00739. The topological polar surface area (TPSA) is 64.3 Å². The predicted octanol–water partition coefficient (Wildman–Crippen LogP) is 1.67. The molecular formula is C12H11BrN2O2. The van der Waals surface area contributed by atoms with E-state index in [1.807, 2.05) is 0 Å². The summed E-state index contributed by atoms with van der Waals surface area (Å²) in [5, 5.41) is 17.9. The molecule has 0 aliphatic carbocycles. The minimum atomic E-state index is -0.00830. The van der Waals surface area contributed by atoms with Gasteiger partial charge in [0.25, 0.3) is 0 Å². The summed E-state index contributed by atoms with van der Waals surface area (Å²) in [6.07, 6.45) is 0.366. The smallest absolute Gasteiger partial charge is 0.227 e. The summed E-state index contributed by atoms with van der Waals surface area (Å²) in [5.74, 6) is -0.0157. The van der Waals surface area contributed by atoms with E-state index in [9.17, 15) is 4.79 Å². The van der Waals surface area contributed by atoms with Crippen LogP contribution >= 0.6 is 15.9 Å². The summed E-state index contributed by atoms with van der Waals surface area (Å²) < 4.78 is 0.770. The Hall–Kier alpha value is -1.38. The van der Waals surface area contributed by atoms with Gasteiger partial charge in [-0.15, -0.1) is 0 Å². The first-order chi connectivity index (χ1) is 8.13. The number of carbonyl (C=O) groups excluding carboxylic acids is 1. The van der Waals surface area contributed by atoms with Crippen LogP contribution in [0.1, 0.15) is 12.0 Å². The Labute approximate surface area is 108 Å². The first-order valence-electron chi connectivity index (χ1n) is 5.26. The summed E-state index contributed by atoms with van der Waals surface area (Å²) in [5.41, 5.74) is 1.21. The second-order valence-electron chi connectivity index (χ2n) is 4.07. The van der Waals surface area contributed by atoms with Crippen molar-refractivity contribution in [2.45, 2.75) is 6.42 Å². The molecule has 88 valence electrons. The number of carbonyl (C=O) groups is 1. The lowest BCUT2D eigenvalue weighted by Gasteiger charge is -2.17. The van der Waals surface area contributed by atoms with Crippen molar-refractivity contribution in [3.63, 3.8) is 0 Å². The summed E-state index contributed by atoms with van der Waals surface area (Å²) in [6.45, 7) is 0.526. The lowest BCUT2D eigenvalue weighted by Crippen LogP contribution is -2.24. The van der Waals surface area contributed by atoms with Crippen molar-refractivity contribution in [2.75, 3.05) is 18.1 Å². The van der Waals surface area contributed by atoms with E-state index < -0.39 is 0 Å². The van der Waals surface area contributed by atoms with E-state index in [0.29, 0.717) is 24.2 Å². The van der Waals surface area contributed by atoms with E-state index in [0.717, 1.165) is 4.47 Å². The van der Waals surface area contributed by atoms with Crippen LogP contribution in [0.3, 0.4) is 0 Å². The number of nitrogens with zero attached hydrogens (tertiary/aromatic N) is 2. The molecular weight excluding hydrogens is 284 g/mol. The van der Waals surface area contributed by atoms with E-state index in [4.69, 9.17) is 10.4 Å². The Bertz CT molecular complexity index is 496. The van der Waals surface area contributed by atoms with E-state index in [2.05, 4.69) is 22.0 Å². The third-order valence-electron chi connectivity index (χ3n) is 2.79. The molecule has 1 fully saturated rings. The van der Waals surface area contributed by atoms with Gasteiger partial charge >= 0.3 is 0 Å². The van der Waals surface area contributed by atoms with Crippen LogP contribution in [-0.2, 0) is 4.79 Å². The summed E-state index contributed by atoms with van der Waals surface area (Å²) in [4.78, 5) is 13.4. The Morgan fingerprint density at radius 3 is 2.88 bits per heavy atom. The number of hydrogen-bond acceptors (Lipinski definition) is 3. The van der Waals surface area contributed by atoms with Crippen LogP contribution in [0.2, 0.25) is 0 Å². The van der Waals surface area contributed by atoms with Crippen LogP contribution in [0.4, 0.5) is 5.69 Å². The van der Waals surface area contributed by atoms with E-state index in [1.54, 1.807) is 23.1 Å². The Kier molecular flexibility index (Phi) is 3.46. The number of amides is 1. The Balaban J connectivity index is 2.32. The van der Waals surface area contributed by atoms with Gasteiger partial charge in [0.15, 0.2) is 0 Å². The normalized spacial score (nSPS) is 19.5. The van der Waals surface area contributed by atoms with Crippen LogP contribution < -0.4 is 4.90 Å². The zero-order valence-corrected chi connectivity index (χ0v) is 10.6. The molecule has 0 radical (unpaired) electrons. The van der Waals surface area contributed by atoms with Gasteiger partial charge in [-0.25, -0.2) is 0 Å². The fourth-order valence-electron chi connectivity index (χ4n) is 1.95. The molecule has 1 unspecified atom stereocenters. The van der Waals surface area contributed by atoms with Crippen molar-refractivity contribution in [3.8, 4) is 6.07 Å². The summed E-state index contributed by atoms with van der Waals surface area (Å²) in [6, 6.07) is 7.24. The monoisotopic (exact) mass is 294 g/mol. The number of halogens is 1. The molecule has 1 N–H and O–H groups in total. The van der Waals surface area contributed by atoms with Gasteiger partial charge in [-0.1, -0.05) is 15.9 Å². The number of hydrogen-bond donors (Lipinski definition) is 1. The number of nitriles is 1. The highest BCUT2D eigenvalue weighted by Gasteiger charge is 2.30. The number of aliphatic hydroxyl groups excluding tert-OH is 1. The molecule has 2 rings (SSSR count). The number of benzene rings is 1. The van der Waals surface area contributed by atoms with Gasteiger partial charge in [-0.2, -0.15) is 5.26 Å². The standard InChI is InChI=1S/C12H11BrN2O2/c13-10-1-8(5-14)2-11(4-10)15-6-9(7-16)3-12(15)17/h1-2,4,9,16H,3,6-7H2. The molecule has 1 aliphatic heterocycles. The molecule has 0 spiro atoms. The van der Waals surface area contributed by atoms with Crippen LogP contribution in [0.15, 0.2) is 22.7 Å². The maximum atomic E-state index is 11.8. The highest BCUT2D eigenvalue weighted by atomic mass is 79.9. The van der Waals surface area contributed by atoms with Gasteiger partial charge in [-0.3, -0.25) is 4.79 Å². The third-order valence-corrected chi connectivity index (χ3v) is 3.24. The van der Waals surface area contributed by atoms with Crippen molar-refractivity contribution in [3.05, 3.63) is 28.2 Å². The van der Waals surface area contributed by atoms with Crippen LogP contribution in [0.25, 0.3) is 0 Å².